The summed E-state index contributed by atoms with van der Waals surface area (Å²) in [6.07, 6.45) is 2.23. The zero-order chi connectivity index (χ0) is 19.6. The third-order valence-corrected chi connectivity index (χ3v) is 5.43. The van der Waals surface area contributed by atoms with Crippen molar-refractivity contribution in [2.45, 2.75) is 34.6 Å². The van der Waals surface area contributed by atoms with E-state index in [9.17, 15) is 0 Å². The summed E-state index contributed by atoms with van der Waals surface area (Å²) in [5.41, 5.74) is 12.5. The van der Waals surface area contributed by atoms with E-state index in [0.29, 0.717) is 0 Å². The molecule has 0 nitrogen and oxygen atoms in total. The number of allylic oxidation sites excluding steroid dienone is 2. The second-order valence-corrected chi connectivity index (χ2v) is 7.49. The van der Waals surface area contributed by atoms with Crippen LogP contribution in [0, 0.1) is 27.7 Å². The molecule has 0 atom stereocenters. The molecule has 0 saturated heterocycles. The molecule has 0 spiro atoms. The van der Waals surface area contributed by atoms with Gasteiger partial charge in [0.1, 0.15) is 0 Å². The quantitative estimate of drug-likeness (QED) is 0.422. The Kier molecular flexibility index (Phi) is 5.46. The van der Waals surface area contributed by atoms with Gasteiger partial charge in [-0.1, -0.05) is 73.3 Å². The first kappa shape index (κ1) is 18.9. The minimum absolute atomic E-state index is 1.09. The van der Waals surface area contributed by atoms with Crippen LogP contribution in [0.15, 0.2) is 72.8 Å². The Morgan fingerprint density at radius 1 is 0.704 bits per heavy atom. The number of aryl methyl sites for hydroxylation is 4. The summed E-state index contributed by atoms with van der Waals surface area (Å²) in [6.45, 7) is 15.2. The summed E-state index contributed by atoms with van der Waals surface area (Å²) >= 11 is 0. The van der Waals surface area contributed by atoms with Gasteiger partial charge < -0.3 is 0 Å². The molecule has 0 amide bonds. The highest BCUT2D eigenvalue weighted by Gasteiger charge is 2.08. The Labute approximate surface area is 163 Å². The molecular formula is C27H28. The SMILES string of the molecule is C=C(/C(C)=C/c1ccccc1C)c1ccc(-c2ccc(C)c(C)c2)cc1C. The van der Waals surface area contributed by atoms with Crippen molar-refractivity contribution < 1.29 is 0 Å². The molecule has 0 aliphatic heterocycles. The fourth-order valence-corrected chi connectivity index (χ4v) is 3.38. The van der Waals surface area contributed by atoms with Crippen molar-refractivity contribution in [3.8, 4) is 11.1 Å². The lowest BCUT2D eigenvalue weighted by Crippen LogP contribution is -1.92. The summed E-state index contributed by atoms with van der Waals surface area (Å²) in [4.78, 5) is 0. The zero-order valence-corrected chi connectivity index (χ0v) is 17.1. The van der Waals surface area contributed by atoms with E-state index in [2.05, 4.69) is 108 Å². The van der Waals surface area contributed by atoms with Crippen molar-refractivity contribution in [1.29, 1.82) is 0 Å². The molecule has 0 saturated carbocycles. The van der Waals surface area contributed by atoms with Gasteiger partial charge in [-0.3, -0.25) is 0 Å². The van der Waals surface area contributed by atoms with Gasteiger partial charge in [0.15, 0.2) is 0 Å². The molecule has 0 unspecified atom stereocenters. The lowest BCUT2D eigenvalue weighted by atomic mass is 9.91. The van der Waals surface area contributed by atoms with Crippen molar-refractivity contribution in [2.24, 2.45) is 0 Å². The molecule has 0 aliphatic rings. The van der Waals surface area contributed by atoms with Crippen molar-refractivity contribution >= 4 is 11.6 Å². The fourth-order valence-electron chi connectivity index (χ4n) is 3.38. The number of rotatable bonds is 4. The summed E-state index contributed by atoms with van der Waals surface area (Å²) in [6, 6.07) is 21.8. The first-order valence-electron chi connectivity index (χ1n) is 9.48. The molecule has 0 heteroatoms. The van der Waals surface area contributed by atoms with Crippen LogP contribution in [-0.2, 0) is 0 Å². The highest BCUT2D eigenvalue weighted by molar-refractivity contribution is 5.85. The van der Waals surface area contributed by atoms with E-state index >= 15 is 0 Å². The first-order valence-corrected chi connectivity index (χ1v) is 9.48. The van der Waals surface area contributed by atoms with E-state index in [1.807, 2.05) is 0 Å². The molecule has 3 rings (SSSR count). The highest BCUT2D eigenvalue weighted by atomic mass is 14.1. The Balaban J connectivity index is 1.92. The maximum Gasteiger partial charge on any atom is -0.0158 e. The third-order valence-electron chi connectivity index (χ3n) is 5.43. The van der Waals surface area contributed by atoms with E-state index < -0.39 is 0 Å². The Bertz CT molecular complexity index is 1030. The molecular weight excluding hydrogens is 324 g/mol. The lowest BCUT2D eigenvalue weighted by molar-refractivity contribution is 1.34. The summed E-state index contributed by atoms with van der Waals surface area (Å²) in [5, 5.41) is 0. The normalized spacial score (nSPS) is 11.5. The van der Waals surface area contributed by atoms with Crippen LogP contribution in [0.5, 0.6) is 0 Å². The van der Waals surface area contributed by atoms with E-state index in [4.69, 9.17) is 0 Å². The van der Waals surface area contributed by atoms with E-state index in [1.165, 1.54) is 50.1 Å². The smallest absolute Gasteiger partial charge is 0.0158 e. The van der Waals surface area contributed by atoms with Crippen LogP contribution in [0.25, 0.3) is 22.8 Å². The van der Waals surface area contributed by atoms with Crippen LogP contribution in [-0.4, -0.2) is 0 Å². The average Bonchev–Trinajstić information content (AvgIpc) is 2.65. The number of benzene rings is 3. The molecule has 0 aliphatic carbocycles. The molecule has 0 fully saturated rings. The van der Waals surface area contributed by atoms with Gasteiger partial charge in [0.05, 0.1) is 0 Å². The van der Waals surface area contributed by atoms with Gasteiger partial charge in [0, 0.05) is 0 Å². The van der Waals surface area contributed by atoms with Gasteiger partial charge in [0.2, 0.25) is 0 Å². The maximum absolute atomic E-state index is 4.37. The highest BCUT2D eigenvalue weighted by Crippen LogP contribution is 2.30. The van der Waals surface area contributed by atoms with Crippen molar-refractivity contribution in [3.05, 3.63) is 106 Å². The molecule has 0 N–H and O–H groups in total. The summed E-state index contributed by atoms with van der Waals surface area (Å²) < 4.78 is 0. The minimum atomic E-state index is 1.09. The van der Waals surface area contributed by atoms with E-state index in [0.717, 1.165) is 5.57 Å². The molecule has 136 valence electrons. The monoisotopic (exact) mass is 352 g/mol. The van der Waals surface area contributed by atoms with Crippen LogP contribution in [0.1, 0.15) is 40.3 Å². The maximum atomic E-state index is 4.37. The topological polar surface area (TPSA) is 0 Å². The Hall–Kier alpha value is -2.86. The van der Waals surface area contributed by atoms with Gasteiger partial charge in [-0.15, -0.1) is 0 Å². The molecule has 0 bridgehead atoms. The zero-order valence-electron chi connectivity index (χ0n) is 17.1. The van der Waals surface area contributed by atoms with Gasteiger partial charge in [0.25, 0.3) is 0 Å². The van der Waals surface area contributed by atoms with Gasteiger partial charge in [-0.05, 0) is 90.3 Å². The molecule has 3 aromatic carbocycles. The first-order chi connectivity index (χ1) is 12.9. The fraction of sp³-hybridized carbons (Fsp3) is 0.185. The molecule has 0 aromatic heterocycles. The number of hydrogen-bond acceptors (Lipinski definition) is 0. The Morgan fingerprint density at radius 3 is 1.96 bits per heavy atom. The van der Waals surface area contributed by atoms with Crippen LogP contribution < -0.4 is 0 Å². The minimum Gasteiger partial charge on any atom is -0.0909 e. The molecule has 27 heavy (non-hydrogen) atoms. The predicted molar refractivity (Wildman–Crippen MR) is 120 cm³/mol. The van der Waals surface area contributed by atoms with Crippen LogP contribution in [0.4, 0.5) is 0 Å². The van der Waals surface area contributed by atoms with Gasteiger partial charge in [-0.25, -0.2) is 0 Å². The summed E-state index contributed by atoms with van der Waals surface area (Å²) in [7, 11) is 0. The average molecular weight is 353 g/mol. The second-order valence-electron chi connectivity index (χ2n) is 7.49. The van der Waals surface area contributed by atoms with Crippen molar-refractivity contribution in [1.82, 2.24) is 0 Å². The van der Waals surface area contributed by atoms with E-state index in [1.54, 1.807) is 0 Å². The van der Waals surface area contributed by atoms with Gasteiger partial charge in [-0.2, -0.15) is 0 Å². The standard InChI is InChI=1S/C27H28/c1-18-11-12-25(15-20(18)3)26-13-14-27(22(5)17-26)23(6)21(4)16-24-10-8-7-9-19(24)2/h7-17H,6H2,1-5H3/b21-16+. The molecule has 0 radical (unpaired) electrons. The second kappa shape index (κ2) is 7.80. The van der Waals surface area contributed by atoms with Crippen molar-refractivity contribution in [3.63, 3.8) is 0 Å². The Morgan fingerprint density at radius 2 is 1.33 bits per heavy atom. The summed E-state index contributed by atoms with van der Waals surface area (Å²) in [5.74, 6) is 0. The predicted octanol–water partition coefficient (Wildman–Crippen LogP) is 7.70. The number of hydrogen-bond donors (Lipinski definition) is 0. The largest absolute Gasteiger partial charge is 0.0909 e. The third kappa shape index (κ3) is 4.11. The molecule has 3 aromatic rings. The van der Waals surface area contributed by atoms with Crippen molar-refractivity contribution in [2.75, 3.05) is 0 Å². The van der Waals surface area contributed by atoms with Gasteiger partial charge >= 0.3 is 0 Å². The van der Waals surface area contributed by atoms with Crippen LogP contribution in [0.2, 0.25) is 0 Å². The lowest BCUT2D eigenvalue weighted by Gasteiger charge is -2.13. The van der Waals surface area contributed by atoms with E-state index in [-0.39, 0.29) is 0 Å². The van der Waals surface area contributed by atoms with Crippen LogP contribution >= 0.6 is 0 Å². The molecule has 0 heterocycles. The van der Waals surface area contributed by atoms with Crippen LogP contribution in [0.3, 0.4) is 0 Å².